The van der Waals surface area contributed by atoms with E-state index in [4.69, 9.17) is 0 Å². The molecule has 0 N–H and O–H groups in total. The highest BCUT2D eigenvalue weighted by Gasteiger charge is 2.17. The molecule has 0 spiro atoms. The molecule has 1 fully saturated rings. The molecular weight excluding hydrogens is 180 g/mol. The molecule has 72 valence electrons. The minimum atomic E-state index is -0.492. The quantitative estimate of drug-likeness (QED) is 0.543. The van der Waals surface area contributed by atoms with Crippen LogP contribution in [0.15, 0.2) is 24.4 Å². The fraction of sp³-hybridized carbons (Fsp3) is 0.300. The summed E-state index contributed by atoms with van der Waals surface area (Å²) in [6, 6.07) is 3.14. The fourth-order valence-electron chi connectivity index (χ4n) is 1.14. The van der Waals surface area contributed by atoms with E-state index < -0.39 is 4.92 Å². The molecule has 4 heteroatoms. The van der Waals surface area contributed by atoms with Crippen LogP contribution in [0.3, 0.4) is 0 Å². The van der Waals surface area contributed by atoms with Crippen LogP contribution in [-0.2, 0) is 0 Å². The summed E-state index contributed by atoms with van der Waals surface area (Å²) in [4.78, 5) is 13.5. The zero-order valence-electron chi connectivity index (χ0n) is 7.59. The Kier molecular flexibility index (Phi) is 2.26. The first-order chi connectivity index (χ1) is 6.75. The molecule has 0 saturated heterocycles. The number of allylic oxidation sites excluding steroid dienone is 1. The number of aromatic nitrogens is 1. The molecule has 1 saturated carbocycles. The monoisotopic (exact) mass is 190 g/mol. The minimum Gasteiger partial charge on any atom is -0.358 e. The Morgan fingerprint density at radius 2 is 2.29 bits per heavy atom. The summed E-state index contributed by atoms with van der Waals surface area (Å²) in [5.74, 6) is 0.610. The van der Waals surface area contributed by atoms with Crippen molar-refractivity contribution in [2.45, 2.75) is 12.8 Å². The number of pyridine rings is 1. The average Bonchev–Trinajstić information content (AvgIpc) is 2.99. The van der Waals surface area contributed by atoms with E-state index in [1.165, 1.54) is 25.1 Å². The minimum absolute atomic E-state index is 0.103. The second kappa shape index (κ2) is 3.57. The summed E-state index contributed by atoms with van der Waals surface area (Å²) in [6.07, 6.45) is 8.14. The van der Waals surface area contributed by atoms with Gasteiger partial charge < -0.3 is 10.1 Å². The molecule has 2 rings (SSSR count). The Labute approximate surface area is 81.4 Å². The van der Waals surface area contributed by atoms with Gasteiger partial charge in [0.2, 0.25) is 0 Å². The van der Waals surface area contributed by atoms with Gasteiger partial charge in [-0.2, -0.15) is 0 Å². The second-order valence-electron chi connectivity index (χ2n) is 3.40. The second-order valence-corrected chi connectivity index (χ2v) is 3.40. The Hall–Kier alpha value is -1.71. The number of hydrogen-bond donors (Lipinski definition) is 0. The van der Waals surface area contributed by atoms with Gasteiger partial charge in [0.25, 0.3) is 0 Å². The lowest BCUT2D eigenvalue weighted by Gasteiger charge is -1.91. The maximum atomic E-state index is 10.3. The molecule has 1 aliphatic rings. The van der Waals surface area contributed by atoms with E-state index in [1.54, 1.807) is 6.07 Å². The van der Waals surface area contributed by atoms with E-state index in [0.29, 0.717) is 5.92 Å². The first-order valence-corrected chi connectivity index (χ1v) is 4.54. The van der Waals surface area contributed by atoms with Gasteiger partial charge in [0.15, 0.2) is 0 Å². The average molecular weight is 190 g/mol. The molecule has 1 heterocycles. The highest BCUT2D eigenvalue weighted by atomic mass is 16.6. The third kappa shape index (κ3) is 2.16. The van der Waals surface area contributed by atoms with Gasteiger partial charge in [-0.15, -0.1) is 0 Å². The lowest BCUT2D eigenvalue weighted by molar-refractivity contribution is -0.389. The lowest BCUT2D eigenvalue weighted by atomic mass is 10.2. The fourth-order valence-corrected chi connectivity index (χ4v) is 1.14. The molecule has 0 atom stereocenters. The Balaban J connectivity index is 2.08. The van der Waals surface area contributed by atoms with Gasteiger partial charge in [-0.3, -0.25) is 0 Å². The van der Waals surface area contributed by atoms with Gasteiger partial charge in [0.05, 0.1) is 0 Å². The van der Waals surface area contributed by atoms with E-state index in [-0.39, 0.29) is 5.82 Å². The zero-order valence-corrected chi connectivity index (χ0v) is 7.59. The molecule has 0 amide bonds. The summed E-state index contributed by atoms with van der Waals surface area (Å²) in [5, 5.41) is 10.3. The molecule has 1 aromatic heterocycles. The van der Waals surface area contributed by atoms with Crippen LogP contribution in [0, 0.1) is 16.0 Å². The van der Waals surface area contributed by atoms with Crippen molar-refractivity contribution in [3.05, 3.63) is 40.1 Å². The number of nitrogens with zero attached hydrogens (tertiary/aromatic N) is 2. The van der Waals surface area contributed by atoms with Crippen LogP contribution in [0.2, 0.25) is 0 Å². The van der Waals surface area contributed by atoms with Crippen molar-refractivity contribution in [1.29, 1.82) is 0 Å². The first kappa shape index (κ1) is 8.87. The van der Waals surface area contributed by atoms with Crippen LogP contribution in [0.25, 0.3) is 6.08 Å². The van der Waals surface area contributed by atoms with Crippen molar-refractivity contribution in [2.75, 3.05) is 0 Å². The first-order valence-electron chi connectivity index (χ1n) is 4.54. The van der Waals surface area contributed by atoms with Gasteiger partial charge >= 0.3 is 5.82 Å². The van der Waals surface area contributed by atoms with E-state index in [9.17, 15) is 10.1 Å². The summed E-state index contributed by atoms with van der Waals surface area (Å²) in [5.41, 5.74) is 0.919. The predicted octanol–water partition coefficient (Wildman–Crippen LogP) is 2.41. The maximum Gasteiger partial charge on any atom is 0.363 e. The molecule has 1 aromatic rings. The molecule has 4 nitrogen and oxygen atoms in total. The number of hydrogen-bond acceptors (Lipinski definition) is 3. The third-order valence-corrected chi connectivity index (χ3v) is 2.14. The molecule has 14 heavy (non-hydrogen) atoms. The Bertz CT molecular complexity index is 366. The largest absolute Gasteiger partial charge is 0.363 e. The molecule has 0 radical (unpaired) electrons. The van der Waals surface area contributed by atoms with Crippen LogP contribution < -0.4 is 0 Å². The zero-order chi connectivity index (χ0) is 9.97. The molecule has 0 aliphatic heterocycles. The summed E-state index contributed by atoms with van der Waals surface area (Å²) >= 11 is 0. The van der Waals surface area contributed by atoms with E-state index in [1.807, 2.05) is 6.08 Å². The van der Waals surface area contributed by atoms with Crippen LogP contribution in [0.1, 0.15) is 18.4 Å². The van der Waals surface area contributed by atoms with Crippen molar-refractivity contribution in [3.63, 3.8) is 0 Å². The summed E-state index contributed by atoms with van der Waals surface area (Å²) in [6.45, 7) is 0. The van der Waals surface area contributed by atoms with Crippen molar-refractivity contribution >= 4 is 11.9 Å². The highest BCUT2D eigenvalue weighted by Crippen LogP contribution is 2.30. The number of rotatable bonds is 3. The van der Waals surface area contributed by atoms with E-state index in [0.717, 1.165) is 5.56 Å². The highest BCUT2D eigenvalue weighted by molar-refractivity contribution is 5.49. The van der Waals surface area contributed by atoms with Gasteiger partial charge in [0.1, 0.15) is 6.20 Å². The van der Waals surface area contributed by atoms with Gasteiger partial charge in [0, 0.05) is 11.6 Å². The van der Waals surface area contributed by atoms with E-state index >= 15 is 0 Å². The molecule has 1 aliphatic carbocycles. The van der Waals surface area contributed by atoms with Gasteiger partial charge in [-0.05, 0) is 34.7 Å². The van der Waals surface area contributed by atoms with Crippen LogP contribution in [-0.4, -0.2) is 9.91 Å². The SMILES string of the molecule is O=[N+]([O-])c1ccc(C=CC2CC2)cn1. The molecule has 0 aromatic carbocycles. The topological polar surface area (TPSA) is 56.0 Å². The van der Waals surface area contributed by atoms with Gasteiger partial charge in [-0.1, -0.05) is 12.2 Å². The number of nitro groups is 1. The third-order valence-electron chi connectivity index (χ3n) is 2.14. The van der Waals surface area contributed by atoms with Gasteiger partial charge in [-0.25, -0.2) is 0 Å². The molecule has 0 bridgehead atoms. The van der Waals surface area contributed by atoms with Crippen molar-refractivity contribution in [2.24, 2.45) is 5.92 Å². The smallest absolute Gasteiger partial charge is 0.358 e. The molecular formula is C10H10N2O2. The van der Waals surface area contributed by atoms with Crippen molar-refractivity contribution in [3.8, 4) is 0 Å². The lowest BCUT2D eigenvalue weighted by Crippen LogP contribution is -1.90. The van der Waals surface area contributed by atoms with Crippen LogP contribution in [0.4, 0.5) is 5.82 Å². The predicted molar refractivity (Wildman–Crippen MR) is 52.6 cm³/mol. The Morgan fingerprint density at radius 3 is 2.79 bits per heavy atom. The normalized spacial score (nSPS) is 16.0. The standard InChI is InChI=1S/C10H10N2O2/c13-12(14)10-6-5-9(7-11-10)4-3-8-1-2-8/h3-8H,1-2H2. The molecule has 0 unspecified atom stereocenters. The van der Waals surface area contributed by atoms with Crippen molar-refractivity contribution in [1.82, 2.24) is 4.98 Å². The Morgan fingerprint density at radius 1 is 1.50 bits per heavy atom. The van der Waals surface area contributed by atoms with Crippen LogP contribution >= 0.6 is 0 Å². The summed E-state index contributed by atoms with van der Waals surface area (Å²) in [7, 11) is 0. The maximum absolute atomic E-state index is 10.3. The van der Waals surface area contributed by atoms with Crippen LogP contribution in [0.5, 0.6) is 0 Å². The van der Waals surface area contributed by atoms with Crippen molar-refractivity contribution < 1.29 is 4.92 Å². The van der Waals surface area contributed by atoms with E-state index in [2.05, 4.69) is 11.1 Å². The summed E-state index contributed by atoms with van der Waals surface area (Å²) < 4.78 is 0.